The van der Waals surface area contributed by atoms with E-state index in [2.05, 4.69) is 37.4 Å². The number of aryl methyl sites for hydroxylation is 4. The number of halogens is 1. The van der Waals surface area contributed by atoms with Crippen molar-refractivity contribution in [2.75, 3.05) is 16.8 Å². The molecule has 29 heavy (non-hydrogen) atoms. The van der Waals surface area contributed by atoms with Crippen LogP contribution in [-0.4, -0.2) is 33.0 Å². The number of amides is 1. The smallest absolute Gasteiger partial charge is 0.229 e. The molecule has 1 aliphatic rings. The Bertz CT molecular complexity index is 1060. The highest BCUT2D eigenvalue weighted by molar-refractivity contribution is 5.97. The predicted molar refractivity (Wildman–Crippen MR) is 118 cm³/mol. The summed E-state index contributed by atoms with van der Waals surface area (Å²) in [6.45, 7) is 9.25. The largest absolute Gasteiger partial charge is 0.391 e. The van der Waals surface area contributed by atoms with E-state index in [0.29, 0.717) is 13.1 Å². The molecule has 7 heteroatoms. The number of hydrogen-bond acceptors (Lipinski definition) is 4. The van der Waals surface area contributed by atoms with E-state index in [1.54, 1.807) is 4.90 Å². The van der Waals surface area contributed by atoms with Crippen LogP contribution in [0.2, 0.25) is 0 Å². The van der Waals surface area contributed by atoms with Gasteiger partial charge in [-0.1, -0.05) is 18.2 Å². The van der Waals surface area contributed by atoms with E-state index in [1.807, 2.05) is 30.5 Å². The van der Waals surface area contributed by atoms with Crippen LogP contribution in [0.25, 0.3) is 5.65 Å². The SMILES string of the molecule is Cc1cccc(C)c1CNc1cc(N2C[C@@H](O)CC2=O)cn2c(C)c(C)nc12.Cl. The molecule has 1 fully saturated rings. The van der Waals surface area contributed by atoms with Crippen LogP contribution in [0.3, 0.4) is 0 Å². The van der Waals surface area contributed by atoms with E-state index in [-0.39, 0.29) is 24.7 Å². The minimum absolute atomic E-state index is 0. The molecule has 1 atom stereocenters. The highest BCUT2D eigenvalue weighted by Crippen LogP contribution is 2.30. The van der Waals surface area contributed by atoms with Gasteiger partial charge in [-0.3, -0.25) is 4.79 Å². The molecule has 1 saturated heterocycles. The summed E-state index contributed by atoms with van der Waals surface area (Å²) in [4.78, 5) is 18.7. The monoisotopic (exact) mass is 414 g/mol. The maximum atomic E-state index is 12.3. The van der Waals surface area contributed by atoms with Gasteiger partial charge in [-0.15, -0.1) is 12.4 Å². The molecule has 0 unspecified atom stereocenters. The van der Waals surface area contributed by atoms with E-state index >= 15 is 0 Å². The van der Waals surface area contributed by atoms with Gasteiger partial charge < -0.3 is 19.7 Å². The van der Waals surface area contributed by atoms with Gasteiger partial charge in [0.05, 0.1) is 36.1 Å². The first kappa shape index (κ1) is 21.1. The molecular formula is C22H27ClN4O2. The standard InChI is InChI=1S/C22H26N4O2.ClH/c1-13-6-5-7-14(2)19(13)10-23-20-8-17(26-12-18(27)9-21(26)28)11-25-16(4)15(3)24-22(20)25;/h5-8,11,18,23,27H,9-10,12H2,1-4H3;1H/t18-;/m0./s1. The molecule has 4 rings (SSSR count). The van der Waals surface area contributed by atoms with Gasteiger partial charge in [-0.2, -0.15) is 0 Å². The van der Waals surface area contributed by atoms with Crippen LogP contribution in [0.15, 0.2) is 30.5 Å². The second-order valence-corrected chi connectivity index (χ2v) is 7.67. The van der Waals surface area contributed by atoms with Crippen LogP contribution < -0.4 is 10.2 Å². The fraction of sp³-hybridized carbons (Fsp3) is 0.364. The lowest BCUT2D eigenvalue weighted by Gasteiger charge is -2.19. The predicted octanol–water partition coefficient (Wildman–Crippen LogP) is 3.70. The topological polar surface area (TPSA) is 69.9 Å². The maximum Gasteiger partial charge on any atom is 0.229 e. The van der Waals surface area contributed by atoms with Gasteiger partial charge in [0.1, 0.15) is 0 Å². The molecule has 154 valence electrons. The first-order valence-corrected chi connectivity index (χ1v) is 9.62. The lowest BCUT2D eigenvalue weighted by Crippen LogP contribution is -2.25. The van der Waals surface area contributed by atoms with Crippen LogP contribution in [-0.2, 0) is 11.3 Å². The van der Waals surface area contributed by atoms with Crippen molar-refractivity contribution in [1.82, 2.24) is 9.38 Å². The summed E-state index contributed by atoms with van der Waals surface area (Å²) in [7, 11) is 0. The van der Waals surface area contributed by atoms with Crippen molar-refractivity contribution < 1.29 is 9.90 Å². The number of pyridine rings is 1. The Morgan fingerprint density at radius 3 is 2.52 bits per heavy atom. The second-order valence-electron chi connectivity index (χ2n) is 7.67. The van der Waals surface area contributed by atoms with E-state index < -0.39 is 6.10 Å². The van der Waals surface area contributed by atoms with Crippen molar-refractivity contribution in [3.8, 4) is 0 Å². The number of fused-ring (bicyclic) bond motifs is 1. The molecule has 3 heterocycles. The molecule has 0 aliphatic carbocycles. The van der Waals surface area contributed by atoms with Crippen LogP contribution in [0, 0.1) is 27.7 Å². The molecule has 3 aromatic rings. The third kappa shape index (κ3) is 3.82. The Morgan fingerprint density at radius 1 is 1.21 bits per heavy atom. The number of aromatic nitrogens is 2. The molecule has 0 radical (unpaired) electrons. The Labute approximate surface area is 177 Å². The molecule has 6 nitrogen and oxygen atoms in total. The maximum absolute atomic E-state index is 12.3. The van der Waals surface area contributed by atoms with Gasteiger partial charge in [-0.25, -0.2) is 4.98 Å². The van der Waals surface area contributed by atoms with Crippen molar-refractivity contribution in [2.45, 2.75) is 46.8 Å². The van der Waals surface area contributed by atoms with Gasteiger partial charge in [0.15, 0.2) is 5.65 Å². The van der Waals surface area contributed by atoms with Gasteiger partial charge in [-0.05, 0) is 50.5 Å². The zero-order valence-corrected chi connectivity index (χ0v) is 18.0. The van der Waals surface area contributed by atoms with Gasteiger partial charge >= 0.3 is 0 Å². The zero-order chi connectivity index (χ0) is 20.0. The zero-order valence-electron chi connectivity index (χ0n) is 17.2. The first-order valence-electron chi connectivity index (χ1n) is 9.62. The molecule has 0 spiro atoms. The van der Waals surface area contributed by atoms with Gasteiger partial charge in [0, 0.05) is 18.4 Å². The third-order valence-corrected chi connectivity index (χ3v) is 5.70. The average Bonchev–Trinajstić information content (AvgIpc) is 3.13. The lowest BCUT2D eigenvalue weighted by molar-refractivity contribution is -0.117. The highest BCUT2D eigenvalue weighted by Gasteiger charge is 2.30. The van der Waals surface area contributed by atoms with Crippen LogP contribution in [0.4, 0.5) is 11.4 Å². The van der Waals surface area contributed by atoms with Crippen molar-refractivity contribution in [3.63, 3.8) is 0 Å². The number of carbonyl (C=O) groups excluding carboxylic acids is 1. The summed E-state index contributed by atoms with van der Waals surface area (Å²) in [5.74, 6) is -0.0537. The van der Waals surface area contributed by atoms with E-state index in [4.69, 9.17) is 4.98 Å². The van der Waals surface area contributed by atoms with Crippen LogP contribution in [0.1, 0.15) is 34.5 Å². The number of hydrogen-bond donors (Lipinski definition) is 2. The Kier molecular flexibility index (Phi) is 5.87. The molecule has 2 aromatic heterocycles. The van der Waals surface area contributed by atoms with E-state index in [9.17, 15) is 9.90 Å². The number of imidazole rings is 1. The summed E-state index contributed by atoms with van der Waals surface area (Å²) >= 11 is 0. The number of carbonyl (C=O) groups is 1. The molecular weight excluding hydrogens is 388 g/mol. The summed E-state index contributed by atoms with van der Waals surface area (Å²) in [6, 6.07) is 8.26. The lowest BCUT2D eigenvalue weighted by atomic mass is 10.0. The number of rotatable bonds is 4. The van der Waals surface area contributed by atoms with Crippen molar-refractivity contribution >= 4 is 35.3 Å². The summed E-state index contributed by atoms with van der Waals surface area (Å²) in [6.07, 6.45) is 1.50. The number of anilines is 2. The fourth-order valence-electron chi connectivity index (χ4n) is 3.88. The van der Waals surface area contributed by atoms with Gasteiger partial charge in [0.2, 0.25) is 5.91 Å². The number of nitrogens with one attached hydrogen (secondary N) is 1. The van der Waals surface area contributed by atoms with Gasteiger partial charge in [0.25, 0.3) is 0 Å². The molecule has 0 bridgehead atoms. The average molecular weight is 415 g/mol. The van der Waals surface area contributed by atoms with Crippen molar-refractivity contribution in [1.29, 1.82) is 0 Å². The Morgan fingerprint density at radius 2 is 1.90 bits per heavy atom. The van der Waals surface area contributed by atoms with Crippen molar-refractivity contribution in [3.05, 3.63) is 58.5 Å². The summed E-state index contributed by atoms with van der Waals surface area (Å²) < 4.78 is 2.02. The normalized spacial score (nSPS) is 16.4. The summed E-state index contributed by atoms with van der Waals surface area (Å²) in [5.41, 5.74) is 8.25. The van der Waals surface area contributed by atoms with E-state index in [1.165, 1.54) is 16.7 Å². The second kappa shape index (κ2) is 8.05. The number of β-amino-alcohol motifs (C(OH)–C–C–N with tert-alkyl or cyclic N) is 1. The minimum Gasteiger partial charge on any atom is -0.391 e. The number of nitrogens with zero attached hydrogens (tertiary/aromatic N) is 3. The van der Waals surface area contributed by atoms with Crippen LogP contribution in [0.5, 0.6) is 0 Å². The van der Waals surface area contributed by atoms with Crippen molar-refractivity contribution in [2.24, 2.45) is 0 Å². The molecule has 1 aromatic carbocycles. The number of benzene rings is 1. The van der Waals surface area contributed by atoms with Crippen LogP contribution >= 0.6 is 12.4 Å². The Balaban J connectivity index is 0.00000240. The highest BCUT2D eigenvalue weighted by atomic mass is 35.5. The molecule has 0 saturated carbocycles. The first-order chi connectivity index (χ1) is 13.3. The summed E-state index contributed by atoms with van der Waals surface area (Å²) in [5, 5.41) is 13.4. The quantitative estimate of drug-likeness (QED) is 0.683. The number of aliphatic hydroxyl groups excluding tert-OH is 1. The fourth-order valence-corrected chi connectivity index (χ4v) is 3.88. The Hall–Kier alpha value is -2.57. The third-order valence-electron chi connectivity index (χ3n) is 5.70. The van der Waals surface area contributed by atoms with E-state index in [0.717, 1.165) is 28.4 Å². The molecule has 2 N–H and O–H groups in total. The number of aliphatic hydroxyl groups is 1. The minimum atomic E-state index is -0.611. The molecule has 1 amide bonds. The molecule has 1 aliphatic heterocycles.